The van der Waals surface area contributed by atoms with Gasteiger partial charge in [-0.25, -0.2) is 4.79 Å². The van der Waals surface area contributed by atoms with Crippen molar-refractivity contribution >= 4 is 23.9 Å². The van der Waals surface area contributed by atoms with E-state index in [2.05, 4.69) is 17.6 Å². The maximum absolute atomic E-state index is 13.8. The number of hydrogen-bond donors (Lipinski definition) is 3. The van der Waals surface area contributed by atoms with Crippen LogP contribution in [-0.2, 0) is 23.9 Å². The molecule has 1 aromatic rings. The topological polar surface area (TPSA) is 134 Å². The van der Waals surface area contributed by atoms with Gasteiger partial charge in [0.2, 0.25) is 11.8 Å². The van der Waals surface area contributed by atoms with Crippen LogP contribution < -0.4 is 10.6 Å². The first-order chi connectivity index (χ1) is 18.4. The lowest BCUT2D eigenvalue weighted by molar-refractivity contribution is -0.144. The van der Waals surface area contributed by atoms with Crippen LogP contribution in [0.2, 0.25) is 0 Å². The molecule has 0 aromatic heterocycles. The summed E-state index contributed by atoms with van der Waals surface area (Å²) in [4.78, 5) is 53.0. The Morgan fingerprint density at radius 2 is 1.74 bits per heavy atom. The molecule has 39 heavy (non-hydrogen) atoms. The molecule has 3 amide bonds. The van der Waals surface area contributed by atoms with Crippen LogP contribution in [0.3, 0.4) is 0 Å². The quantitative estimate of drug-likeness (QED) is 0.211. The van der Waals surface area contributed by atoms with Crippen LogP contribution in [0.1, 0.15) is 90.3 Å². The van der Waals surface area contributed by atoms with Gasteiger partial charge in [-0.05, 0) is 46.6 Å². The number of unbranched alkanes of at least 4 members (excludes halogenated alkanes) is 4. The van der Waals surface area contributed by atoms with Crippen LogP contribution in [-0.4, -0.2) is 71.8 Å². The van der Waals surface area contributed by atoms with Gasteiger partial charge < -0.3 is 30.1 Å². The molecule has 10 nitrogen and oxygen atoms in total. The first kappa shape index (κ1) is 33.9. The van der Waals surface area contributed by atoms with E-state index >= 15 is 0 Å². The number of ether oxygens (including phenoxy) is 2. The van der Waals surface area contributed by atoms with Gasteiger partial charge in [-0.2, -0.15) is 0 Å². The highest BCUT2D eigenvalue weighted by atomic mass is 16.6. The molecular formula is C29H47N3O7. The molecular weight excluding hydrogens is 502 g/mol. The van der Waals surface area contributed by atoms with Gasteiger partial charge in [-0.15, -0.1) is 0 Å². The maximum Gasteiger partial charge on any atom is 0.408 e. The average molecular weight is 550 g/mol. The van der Waals surface area contributed by atoms with E-state index < -0.39 is 48.2 Å². The number of nitrogens with zero attached hydrogens (tertiary/aromatic N) is 1. The predicted molar refractivity (Wildman–Crippen MR) is 149 cm³/mol. The minimum Gasteiger partial charge on any atom is -0.466 e. The molecule has 0 aliphatic rings. The number of amides is 3. The number of aryl methyl sites for hydroxylation is 1. The van der Waals surface area contributed by atoms with E-state index in [0.717, 1.165) is 31.2 Å². The molecule has 0 saturated carbocycles. The van der Waals surface area contributed by atoms with Gasteiger partial charge in [0.1, 0.15) is 17.7 Å². The van der Waals surface area contributed by atoms with Crippen LogP contribution in [0.25, 0.3) is 0 Å². The van der Waals surface area contributed by atoms with Gasteiger partial charge in [0.05, 0.1) is 19.6 Å². The van der Waals surface area contributed by atoms with Crippen LogP contribution in [0.15, 0.2) is 24.3 Å². The number of nitrogens with one attached hydrogen (secondary N) is 2. The van der Waals surface area contributed by atoms with E-state index in [-0.39, 0.29) is 26.1 Å². The second kappa shape index (κ2) is 17.4. The lowest BCUT2D eigenvalue weighted by Gasteiger charge is -2.34. The predicted octanol–water partition coefficient (Wildman–Crippen LogP) is 3.79. The zero-order valence-electron chi connectivity index (χ0n) is 24.4. The van der Waals surface area contributed by atoms with Gasteiger partial charge in [-0.1, -0.05) is 62.4 Å². The lowest BCUT2D eigenvalue weighted by Crippen LogP contribution is -2.54. The molecule has 0 heterocycles. The summed E-state index contributed by atoms with van der Waals surface area (Å²) in [5.41, 5.74) is 0.687. The smallest absolute Gasteiger partial charge is 0.408 e. The normalized spacial score (nSPS) is 12.7. The maximum atomic E-state index is 13.8. The van der Waals surface area contributed by atoms with E-state index in [4.69, 9.17) is 9.47 Å². The molecule has 0 fully saturated rings. The van der Waals surface area contributed by atoms with E-state index in [1.165, 1.54) is 4.90 Å². The molecule has 0 bridgehead atoms. The minimum atomic E-state index is -1.31. The summed E-state index contributed by atoms with van der Waals surface area (Å²) in [5.74, 6) is -1.51. The summed E-state index contributed by atoms with van der Waals surface area (Å²) in [6, 6.07) is 4.92. The number of alkyl carbamates (subject to hydrolysis) is 1. The Balaban J connectivity index is 3.31. The third-order valence-electron chi connectivity index (χ3n) is 5.81. The highest BCUT2D eigenvalue weighted by molar-refractivity contribution is 5.92. The molecule has 0 aliphatic carbocycles. The third-order valence-corrected chi connectivity index (χ3v) is 5.81. The van der Waals surface area contributed by atoms with Gasteiger partial charge in [-0.3, -0.25) is 14.4 Å². The molecule has 3 N–H and O–H groups in total. The Morgan fingerprint density at radius 1 is 1.05 bits per heavy atom. The largest absolute Gasteiger partial charge is 0.466 e. The van der Waals surface area contributed by atoms with Crippen molar-refractivity contribution < 1.29 is 33.8 Å². The fourth-order valence-corrected chi connectivity index (χ4v) is 4.02. The van der Waals surface area contributed by atoms with E-state index in [0.29, 0.717) is 12.0 Å². The number of benzene rings is 1. The zero-order chi connectivity index (χ0) is 29.4. The Kier molecular flexibility index (Phi) is 15.2. The molecule has 220 valence electrons. The number of carbonyl (C=O) groups excluding carboxylic acids is 4. The zero-order valence-corrected chi connectivity index (χ0v) is 24.4. The number of aliphatic hydroxyl groups excluding tert-OH is 1. The minimum absolute atomic E-state index is 0.00938. The Morgan fingerprint density at radius 3 is 2.33 bits per heavy atom. The summed E-state index contributed by atoms with van der Waals surface area (Å²) in [6.45, 7) is 10.6. The Hall–Kier alpha value is -3.14. The van der Waals surface area contributed by atoms with Crippen molar-refractivity contribution in [2.24, 2.45) is 0 Å². The van der Waals surface area contributed by atoms with E-state index in [9.17, 15) is 24.3 Å². The van der Waals surface area contributed by atoms with Crippen LogP contribution in [0.4, 0.5) is 4.79 Å². The summed E-state index contributed by atoms with van der Waals surface area (Å²) in [5, 5.41) is 15.3. The Labute approximate surface area is 232 Å². The molecule has 0 saturated heterocycles. The molecule has 2 atom stereocenters. The van der Waals surface area contributed by atoms with Crippen molar-refractivity contribution in [3.8, 4) is 0 Å². The number of rotatable bonds is 16. The molecule has 10 heteroatoms. The standard InChI is InChI=1S/C29H47N3O7/c1-7-9-10-11-12-18-32(27(36)23(20-33)31-28(37)39-29(4,5)6)25(22-15-13-14-21(3)19-22)26(35)30-17-16-24(34)38-8-2/h13-15,19,23,25,33H,7-12,16-18,20H2,1-6H3,(H,30,35)(H,31,37). The van der Waals surface area contributed by atoms with Crippen LogP contribution >= 0.6 is 0 Å². The van der Waals surface area contributed by atoms with Crippen molar-refractivity contribution in [1.29, 1.82) is 0 Å². The lowest BCUT2D eigenvalue weighted by atomic mass is 10.00. The van der Waals surface area contributed by atoms with Gasteiger partial charge in [0.15, 0.2) is 0 Å². The van der Waals surface area contributed by atoms with Crippen molar-refractivity contribution in [3.63, 3.8) is 0 Å². The molecule has 2 unspecified atom stereocenters. The van der Waals surface area contributed by atoms with Crippen molar-refractivity contribution in [2.75, 3.05) is 26.3 Å². The van der Waals surface area contributed by atoms with Gasteiger partial charge in [0.25, 0.3) is 0 Å². The highest BCUT2D eigenvalue weighted by Crippen LogP contribution is 2.24. The van der Waals surface area contributed by atoms with E-state index in [1.54, 1.807) is 39.8 Å². The number of hydrogen-bond acceptors (Lipinski definition) is 7. The summed E-state index contributed by atoms with van der Waals surface area (Å²) in [7, 11) is 0. The first-order valence-corrected chi connectivity index (χ1v) is 13.8. The van der Waals surface area contributed by atoms with Crippen molar-refractivity contribution in [1.82, 2.24) is 15.5 Å². The van der Waals surface area contributed by atoms with Gasteiger partial charge >= 0.3 is 12.1 Å². The summed E-state index contributed by atoms with van der Waals surface area (Å²) in [6.07, 6.45) is 3.74. The van der Waals surface area contributed by atoms with Crippen LogP contribution in [0, 0.1) is 6.92 Å². The second-order valence-corrected chi connectivity index (χ2v) is 10.5. The monoisotopic (exact) mass is 549 g/mol. The number of aliphatic hydroxyl groups is 1. The molecule has 1 aromatic carbocycles. The first-order valence-electron chi connectivity index (χ1n) is 13.8. The number of esters is 1. The Bertz CT molecular complexity index is 930. The van der Waals surface area contributed by atoms with Gasteiger partial charge in [0, 0.05) is 13.1 Å². The van der Waals surface area contributed by atoms with E-state index in [1.807, 2.05) is 19.1 Å². The fourth-order valence-electron chi connectivity index (χ4n) is 4.02. The molecule has 0 radical (unpaired) electrons. The van der Waals surface area contributed by atoms with Crippen molar-refractivity contribution in [3.05, 3.63) is 35.4 Å². The highest BCUT2D eigenvalue weighted by Gasteiger charge is 2.36. The summed E-state index contributed by atoms with van der Waals surface area (Å²) >= 11 is 0. The SMILES string of the molecule is CCCCCCCN(C(=O)C(CO)NC(=O)OC(C)(C)C)C(C(=O)NCCC(=O)OCC)c1cccc(C)c1. The van der Waals surface area contributed by atoms with Crippen LogP contribution in [0.5, 0.6) is 0 Å². The second-order valence-electron chi connectivity index (χ2n) is 10.5. The molecule has 0 spiro atoms. The molecule has 1 rings (SSSR count). The number of carbonyl (C=O) groups is 4. The van der Waals surface area contributed by atoms with Crippen molar-refractivity contribution in [2.45, 2.75) is 97.8 Å². The average Bonchev–Trinajstić information content (AvgIpc) is 2.85. The molecule has 0 aliphatic heterocycles. The third kappa shape index (κ3) is 13.0. The fraction of sp³-hybridized carbons (Fsp3) is 0.655. The summed E-state index contributed by atoms with van der Waals surface area (Å²) < 4.78 is 10.2.